The highest BCUT2D eigenvalue weighted by Crippen LogP contribution is 2.10. The standard InChI is InChI=1S/C14H16FN3O2/c15-11-6-5-10(3-1-7-16)12(9-11)14(20)18-8-2-4-13(17)19/h5-6,9H,2,4,7-8,16H2,(H2,17,19)(H,18,20). The van der Waals surface area contributed by atoms with Gasteiger partial charge < -0.3 is 16.8 Å². The van der Waals surface area contributed by atoms with Gasteiger partial charge in [-0.15, -0.1) is 0 Å². The summed E-state index contributed by atoms with van der Waals surface area (Å²) < 4.78 is 13.2. The topological polar surface area (TPSA) is 98.2 Å². The van der Waals surface area contributed by atoms with Crippen LogP contribution in [-0.2, 0) is 4.79 Å². The zero-order chi connectivity index (χ0) is 15.0. The van der Waals surface area contributed by atoms with Gasteiger partial charge in [-0.05, 0) is 24.6 Å². The van der Waals surface area contributed by atoms with Gasteiger partial charge in [0.05, 0.1) is 12.1 Å². The van der Waals surface area contributed by atoms with Crippen molar-refractivity contribution in [3.8, 4) is 11.8 Å². The maximum Gasteiger partial charge on any atom is 0.252 e. The van der Waals surface area contributed by atoms with E-state index in [4.69, 9.17) is 11.5 Å². The molecule has 0 aliphatic heterocycles. The number of amides is 2. The van der Waals surface area contributed by atoms with Crippen LogP contribution in [0.2, 0.25) is 0 Å². The Morgan fingerprint density at radius 2 is 2.10 bits per heavy atom. The fourth-order valence-electron chi connectivity index (χ4n) is 1.52. The lowest BCUT2D eigenvalue weighted by Crippen LogP contribution is -2.26. The Morgan fingerprint density at radius 1 is 1.35 bits per heavy atom. The molecule has 1 aromatic carbocycles. The molecule has 2 amide bonds. The maximum atomic E-state index is 13.2. The van der Waals surface area contributed by atoms with Crippen LogP contribution in [-0.4, -0.2) is 24.9 Å². The van der Waals surface area contributed by atoms with Crippen molar-refractivity contribution in [3.63, 3.8) is 0 Å². The lowest BCUT2D eigenvalue weighted by atomic mass is 10.1. The van der Waals surface area contributed by atoms with E-state index < -0.39 is 17.6 Å². The summed E-state index contributed by atoms with van der Waals surface area (Å²) in [5.74, 6) is 3.93. The first kappa shape index (κ1) is 15.7. The SMILES string of the molecule is NCC#Cc1ccc(F)cc1C(=O)NCCCC(N)=O. The van der Waals surface area contributed by atoms with Crippen LogP contribution in [0.3, 0.4) is 0 Å². The summed E-state index contributed by atoms with van der Waals surface area (Å²) in [5, 5.41) is 2.59. The van der Waals surface area contributed by atoms with Gasteiger partial charge >= 0.3 is 0 Å². The average molecular weight is 277 g/mol. The number of halogens is 1. The third kappa shape index (κ3) is 5.08. The molecule has 6 heteroatoms. The lowest BCUT2D eigenvalue weighted by Gasteiger charge is -2.06. The van der Waals surface area contributed by atoms with Gasteiger partial charge in [0.1, 0.15) is 5.82 Å². The highest BCUT2D eigenvalue weighted by Gasteiger charge is 2.11. The molecule has 0 spiro atoms. The summed E-state index contributed by atoms with van der Waals surface area (Å²) in [6, 6.07) is 3.77. The first-order valence-electron chi connectivity index (χ1n) is 6.09. The molecule has 0 fully saturated rings. The molecular formula is C14H16FN3O2. The number of nitrogens with one attached hydrogen (secondary N) is 1. The van der Waals surface area contributed by atoms with Gasteiger partial charge in [-0.2, -0.15) is 0 Å². The van der Waals surface area contributed by atoms with E-state index in [1.807, 2.05) is 0 Å². The molecule has 0 atom stereocenters. The predicted octanol–water partition coefficient (Wildman–Crippen LogP) is 0.131. The van der Waals surface area contributed by atoms with Crippen molar-refractivity contribution in [2.45, 2.75) is 12.8 Å². The molecule has 0 aliphatic carbocycles. The van der Waals surface area contributed by atoms with Crippen LogP contribution in [0.25, 0.3) is 0 Å². The van der Waals surface area contributed by atoms with E-state index in [0.717, 1.165) is 6.07 Å². The smallest absolute Gasteiger partial charge is 0.252 e. The molecule has 20 heavy (non-hydrogen) atoms. The Hall–Kier alpha value is -2.39. The van der Waals surface area contributed by atoms with E-state index in [0.29, 0.717) is 12.0 Å². The van der Waals surface area contributed by atoms with Crippen LogP contribution >= 0.6 is 0 Å². The molecule has 1 rings (SSSR count). The Kier molecular flexibility index (Phi) is 6.20. The fraction of sp³-hybridized carbons (Fsp3) is 0.286. The van der Waals surface area contributed by atoms with Gasteiger partial charge in [0.15, 0.2) is 0 Å². The van der Waals surface area contributed by atoms with Crippen molar-refractivity contribution in [1.29, 1.82) is 0 Å². The quantitative estimate of drug-likeness (QED) is 0.527. The zero-order valence-electron chi connectivity index (χ0n) is 10.9. The van der Waals surface area contributed by atoms with Crippen LogP contribution in [0.15, 0.2) is 18.2 Å². The third-order valence-corrected chi connectivity index (χ3v) is 2.44. The van der Waals surface area contributed by atoms with Crippen LogP contribution in [0.4, 0.5) is 4.39 Å². The van der Waals surface area contributed by atoms with Crippen LogP contribution in [0.5, 0.6) is 0 Å². The Morgan fingerprint density at radius 3 is 2.75 bits per heavy atom. The van der Waals surface area contributed by atoms with Crippen molar-refractivity contribution in [2.24, 2.45) is 11.5 Å². The molecule has 0 aliphatic rings. The van der Waals surface area contributed by atoms with E-state index >= 15 is 0 Å². The van der Waals surface area contributed by atoms with Crippen molar-refractivity contribution in [2.75, 3.05) is 13.1 Å². The second-order valence-corrected chi connectivity index (χ2v) is 4.02. The molecule has 0 bridgehead atoms. The normalized spacial score (nSPS) is 9.50. The van der Waals surface area contributed by atoms with Gasteiger partial charge in [0, 0.05) is 18.5 Å². The molecule has 5 N–H and O–H groups in total. The largest absolute Gasteiger partial charge is 0.370 e. The Balaban J connectivity index is 2.75. The number of carbonyl (C=O) groups excluding carboxylic acids is 2. The van der Waals surface area contributed by atoms with Crippen molar-refractivity contribution in [3.05, 3.63) is 35.1 Å². The van der Waals surface area contributed by atoms with E-state index in [-0.39, 0.29) is 25.1 Å². The van der Waals surface area contributed by atoms with E-state index in [2.05, 4.69) is 17.2 Å². The lowest BCUT2D eigenvalue weighted by molar-refractivity contribution is -0.118. The molecule has 0 saturated carbocycles. The first-order valence-corrected chi connectivity index (χ1v) is 6.09. The number of primary amides is 1. The third-order valence-electron chi connectivity index (χ3n) is 2.44. The van der Waals surface area contributed by atoms with E-state index in [1.165, 1.54) is 12.1 Å². The molecule has 106 valence electrons. The maximum absolute atomic E-state index is 13.2. The molecule has 1 aromatic rings. The number of rotatable bonds is 5. The van der Waals surface area contributed by atoms with Gasteiger partial charge in [0.2, 0.25) is 5.91 Å². The summed E-state index contributed by atoms with van der Waals surface area (Å²) >= 11 is 0. The Bertz CT molecular complexity index is 561. The van der Waals surface area contributed by atoms with Gasteiger partial charge in [0.25, 0.3) is 5.91 Å². The number of hydrogen-bond acceptors (Lipinski definition) is 3. The summed E-state index contributed by atoms with van der Waals surface area (Å²) in [5.41, 5.74) is 10.8. The minimum absolute atomic E-state index is 0.144. The van der Waals surface area contributed by atoms with E-state index in [9.17, 15) is 14.0 Å². The molecular weight excluding hydrogens is 261 g/mol. The van der Waals surface area contributed by atoms with Crippen molar-refractivity contribution < 1.29 is 14.0 Å². The predicted molar refractivity (Wildman–Crippen MR) is 73.1 cm³/mol. The van der Waals surface area contributed by atoms with Gasteiger partial charge in [-0.25, -0.2) is 4.39 Å². The monoisotopic (exact) mass is 277 g/mol. The summed E-state index contributed by atoms with van der Waals surface area (Å²) in [6.07, 6.45) is 0.615. The molecule has 0 radical (unpaired) electrons. The average Bonchev–Trinajstić information content (AvgIpc) is 2.41. The number of nitrogens with two attached hydrogens (primary N) is 2. The first-order chi connectivity index (χ1) is 9.54. The molecule has 0 heterocycles. The number of carbonyl (C=O) groups is 2. The van der Waals surface area contributed by atoms with Crippen LogP contribution in [0.1, 0.15) is 28.8 Å². The Labute approximate surface area is 116 Å². The minimum Gasteiger partial charge on any atom is -0.370 e. The highest BCUT2D eigenvalue weighted by molar-refractivity contribution is 5.96. The fourth-order valence-corrected chi connectivity index (χ4v) is 1.52. The van der Waals surface area contributed by atoms with Crippen LogP contribution < -0.4 is 16.8 Å². The summed E-state index contributed by atoms with van der Waals surface area (Å²) in [6.45, 7) is 0.430. The summed E-state index contributed by atoms with van der Waals surface area (Å²) in [7, 11) is 0. The number of hydrogen-bond donors (Lipinski definition) is 3. The second kappa shape index (κ2) is 7.92. The van der Waals surface area contributed by atoms with Crippen molar-refractivity contribution in [1.82, 2.24) is 5.32 Å². The van der Waals surface area contributed by atoms with Gasteiger partial charge in [-0.3, -0.25) is 9.59 Å². The van der Waals surface area contributed by atoms with Crippen molar-refractivity contribution >= 4 is 11.8 Å². The molecule has 0 unspecified atom stereocenters. The second-order valence-electron chi connectivity index (χ2n) is 4.02. The molecule has 0 saturated heterocycles. The summed E-state index contributed by atoms with van der Waals surface area (Å²) in [4.78, 5) is 22.5. The van der Waals surface area contributed by atoms with E-state index in [1.54, 1.807) is 0 Å². The van der Waals surface area contributed by atoms with Crippen LogP contribution in [0, 0.1) is 17.7 Å². The zero-order valence-corrected chi connectivity index (χ0v) is 10.9. The number of benzene rings is 1. The molecule has 0 aromatic heterocycles. The highest BCUT2D eigenvalue weighted by atomic mass is 19.1. The van der Waals surface area contributed by atoms with Gasteiger partial charge in [-0.1, -0.05) is 11.8 Å². The minimum atomic E-state index is -0.523. The molecule has 5 nitrogen and oxygen atoms in total.